The van der Waals surface area contributed by atoms with Crippen molar-refractivity contribution < 1.29 is 4.74 Å². The van der Waals surface area contributed by atoms with Gasteiger partial charge in [-0.3, -0.25) is 0 Å². The molecule has 1 fully saturated rings. The van der Waals surface area contributed by atoms with Gasteiger partial charge < -0.3 is 4.74 Å². The van der Waals surface area contributed by atoms with Crippen molar-refractivity contribution in [3.63, 3.8) is 0 Å². The van der Waals surface area contributed by atoms with Crippen molar-refractivity contribution >= 4 is 0 Å². The SMILES string of the molecule is c1ccc2c(c1)CC[C@@H]2COCC1CC1. The maximum Gasteiger partial charge on any atom is 0.0535 e. The summed E-state index contributed by atoms with van der Waals surface area (Å²) in [5.74, 6) is 1.56. The lowest BCUT2D eigenvalue weighted by Crippen LogP contribution is -2.06. The van der Waals surface area contributed by atoms with E-state index in [1.807, 2.05) is 0 Å². The fourth-order valence-corrected chi connectivity index (χ4v) is 2.48. The van der Waals surface area contributed by atoms with Crippen LogP contribution < -0.4 is 0 Å². The summed E-state index contributed by atoms with van der Waals surface area (Å²) in [4.78, 5) is 0. The summed E-state index contributed by atoms with van der Waals surface area (Å²) >= 11 is 0. The summed E-state index contributed by atoms with van der Waals surface area (Å²) in [5.41, 5.74) is 3.07. The zero-order valence-corrected chi connectivity index (χ0v) is 9.11. The largest absolute Gasteiger partial charge is 0.381 e. The van der Waals surface area contributed by atoms with E-state index in [1.165, 1.54) is 36.8 Å². The Bertz CT molecular complexity index is 341. The van der Waals surface area contributed by atoms with Crippen LogP contribution in [0.25, 0.3) is 0 Å². The first-order valence-corrected chi connectivity index (χ1v) is 6.09. The molecular formula is C14H18O. The Labute approximate surface area is 91.5 Å². The average molecular weight is 202 g/mol. The fourth-order valence-electron chi connectivity index (χ4n) is 2.48. The monoisotopic (exact) mass is 202 g/mol. The molecular weight excluding hydrogens is 184 g/mol. The van der Waals surface area contributed by atoms with Crippen molar-refractivity contribution in [2.45, 2.75) is 31.6 Å². The van der Waals surface area contributed by atoms with E-state index in [-0.39, 0.29) is 0 Å². The normalized spacial score (nSPS) is 24.1. The van der Waals surface area contributed by atoms with E-state index in [2.05, 4.69) is 24.3 Å². The molecule has 1 nitrogen and oxygen atoms in total. The number of benzene rings is 1. The van der Waals surface area contributed by atoms with E-state index in [4.69, 9.17) is 4.74 Å². The molecule has 3 rings (SSSR count). The lowest BCUT2D eigenvalue weighted by Gasteiger charge is -2.11. The van der Waals surface area contributed by atoms with Gasteiger partial charge in [-0.1, -0.05) is 24.3 Å². The quantitative estimate of drug-likeness (QED) is 0.728. The van der Waals surface area contributed by atoms with Crippen LogP contribution in [0.15, 0.2) is 24.3 Å². The van der Waals surface area contributed by atoms with Crippen molar-refractivity contribution in [1.82, 2.24) is 0 Å². The molecule has 0 amide bonds. The molecule has 0 heterocycles. The molecule has 0 N–H and O–H groups in total. The molecule has 0 radical (unpaired) electrons. The molecule has 1 aromatic carbocycles. The molecule has 15 heavy (non-hydrogen) atoms. The molecule has 2 aliphatic carbocycles. The maximum absolute atomic E-state index is 5.80. The third kappa shape index (κ3) is 2.07. The first kappa shape index (κ1) is 9.41. The number of fused-ring (bicyclic) bond motifs is 1. The molecule has 0 unspecified atom stereocenters. The number of hydrogen-bond acceptors (Lipinski definition) is 1. The third-order valence-electron chi connectivity index (χ3n) is 3.63. The lowest BCUT2D eigenvalue weighted by molar-refractivity contribution is 0.111. The van der Waals surface area contributed by atoms with Crippen LogP contribution in [0.4, 0.5) is 0 Å². The Hall–Kier alpha value is -0.820. The van der Waals surface area contributed by atoms with Crippen molar-refractivity contribution in [1.29, 1.82) is 0 Å². The van der Waals surface area contributed by atoms with Gasteiger partial charge in [0.05, 0.1) is 6.61 Å². The van der Waals surface area contributed by atoms with Crippen LogP contribution in [0.5, 0.6) is 0 Å². The minimum atomic E-state index is 0.667. The lowest BCUT2D eigenvalue weighted by atomic mass is 10.0. The minimum absolute atomic E-state index is 0.667. The number of ether oxygens (including phenoxy) is 1. The maximum atomic E-state index is 5.80. The van der Waals surface area contributed by atoms with E-state index < -0.39 is 0 Å². The highest BCUT2D eigenvalue weighted by Crippen LogP contribution is 2.34. The molecule has 80 valence electrons. The van der Waals surface area contributed by atoms with Gasteiger partial charge >= 0.3 is 0 Å². The summed E-state index contributed by atoms with van der Waals surface area (Å²) in [7, 11) is 0. The Morgan fingerprint density at radius 2 is 1.93 bits per heavy atom. The van der Waals surface area contributed by atoms with Crippen LogP contribution >= 0.6 is 0 Å². The second kappa shape index (κ2) is 3.97. The van der Waals surface area contributed by atoms with Gasteiger partial charge in [0.15, 0.2) is 0 Å². The highest BCUT2D eigenvalue weighted by Gasteiger charge is 2.24. The van der Waals surface area contributed by atoms with Gasteiger partial charge in [0.2, 0.25) is 0 Å². The van der Waals surface area contributed by atoms with Crippen LogP contribution in [-0.4, -0.2) is 13.2 Å². The summed E-state index contributed by atoms with van der Waals surface area (Å²) in [5, 5.41) is 0. The van der Waals surface area contributed by atoms with Gasteiger partial charge in [-0.05, 0) is 42.7 Å². The van der Waals surface area contributed by atoms with Gasteiger partial charge in [0, 0.05) is 12.5 Å². The Kier molecular flexibility index (Phi) is 2.49. The summed E-state index contributed by atoms with van der Waals surface area (Å²) in [6, 6.07) is 8.83. The van der Waals surface area contributed by atoms with Gasteiger partial charge in [-0.15, -0.1) is 0 Å². The second-order valence-corrected chi connectivity index (χ2v) is 4.92. The zero-order chi connectivity index (χ0) is 10.1. The fraction of sp³-hybridized carbons (Fsp3) is 0.571. The van der Waals surface area contributed by atoms with Crippen molar-refractivity contribution in [3.05, 3.63) is 35.4 Å². The summed E-state index contributed by atoms with van der Waals surface area (Å²) in [6.45, 7) is 1.94. The highest BCUT2D eigenvalue weighted by molar-refractivity contribution is 5.34. The van der Waals surface area contributed by atoms with E-state index >= 15 is 0 Å². The van der Waals surface area contributed by atoms with Crippen molar-refractivity contribution in [2.75, 3.05) is 13.2 Å². The second-order valence-electron chi connectivity index (χ2n) is 4.92. The molecule has 0 bridgehead atoms. The summed E-state index contributed by atoms with van der Waals surface area (Å²) < 4.78 is 5.80. The first-order valence-electron chi connectivity index (χ1n) is 6.09. The minimum Gasteiger partial charge on any atom is -0.381 e. The molecule has 1 saturated carbocycles. The molecule has 1 aromatic rings. The number of aryl methyl sites for hydroxylation is 1. The van der Waals surface area contributed by atoms with Gasteiger partial charge in [0.1, 0.15) is 0 Å². The third-order valence-corrected chi connectivity index (χ3v) is 3.63. The predicted octanol–water partition coefficient (Wildman–Crippen LogP) is 3.14. The molecule has 1 heteroatoms. The molecule has 0 aromatic heterocycles. The summed E-state index contributed by atoms with van der Waals surface area (Å²) in [6.07, 6.45) is 5.31. The molecule has 0 saturated heterocycles. The van der Waals surface area contributed by atoms with Crippen LogP contribution in [-0.2, 0) is 11.2 Å². The van der Waals surface area contributed by atoms with Crippen LogP contribution in [0.3, 0.4) is 0 Å². The van der Waals surface area contributed by atoms with Crippen LogP contribution in [0, 0.1) is 5.92 Å². The molecule has 1 atom stereocenters. The predicted molar refractivity (Wildman–Crippen MR) is 61.0 cm³/mol. The number of hydrogen-bond donors (Lipinski definition) is 0. The molecule has 2 aliphatic rings. The van der Waals surface area contributed by atoms with E-state index in [0.717, 1.165) is 19.1 Å². The Balaban J connectivity index is 1.58. The van der Waals surface area contributed by atoms with Crippen molar-refractivity contribution in [2.24, 2.45) is 5.92 Å². The zero-order valence-electron chi connectivity index (χ0n) is 9.11. The van der Waals surface area contributed by atoms with Gasteiger partial charge in [0.25, 0.3) is 0 Å². The smallest absolute Gasteiger partial charge is 0.0535 e. The van der Waals surface area contributed by atoms with Gasteiger partial charge in [-0.25, -0.2) is 0 Å². The van der Waals surface area contributed by atoms with Gasteiger partial charge in [-0.2, -0.15) is 0 Å². The Morgan fingerprint density at radius 3 is 2.80 bits per heavy atom. The topological polar surface area (TPSA) is 9.23 Å². The molecule has 0 spiro atoms. The van der Waals surface area contributed by atoms with E-state index in [0.29, 0.717) is 5.92 Å². The highest BCUT2D eigenvalue weighted by atomic mass is 16.5. The van der Waals surface area contributed by atoms with Crippen molar-refractivity contribution in [3.8, 4) is 0 Å². The number of rotatable bonds is 4. The standard InChI is InChI=1S/C14H18O/c1-2-4-14-12(3-1)7-8-13(14)10-15-9-11-5-6-11/h1-4,11,13H,5-10H2/t13-/m1/s1. The van der Waals surface area contributed by atoms with Crippen LogP contribution in [0.2, 0.25) is 0 Å². The Morgan fingerprint density at radius 1 is 1.07 bits per heavy atom. The van der Waals surface area contributed by atoms with E-state index in [9.17, 15) is 0 Å². The average Bonchev–Trinajstić information content (AvgIpc) is 3.00. The van der Waals surface area contributed by atoms with E-state index in [1.54, 1.807) is 0 Å². The molecule has 0 aliphatic heterocycles. The van der Waals surface area contributed by atoms with Crippen LogP contribution in [0.1, 0.15) is 36.3 Å². The first-order chi connectivity index (χ1) is 7.43.